The smallest absolute Gasteiger partial charge is 0.0676 e. The minimum absolute atomic E-state index is 0.106. The van der Waals surface area contributed by atoms with E-state index in [2.05, 4.69) is 64.6 Å². The molecule has 0 aromatic heterocycles. The Balaban J connectivity index is 2.40. The topological polar surface area (TPSA) is 27.0 Å². The van der Waals surface area contributed by atoms with Crippen molar-refractivity contribution in [3.8, 4) is 6.07 Å². The molecule has 1 heterocycles. The first-order valence-electron chi connectivity index (χ1n) is 7.46. The maximum atomic E-state index is 9.54. The largest absolute Gasteiger partial charge is 0.297 e. The van der Waals surface area contributed by atoms with Gasteiger partial charge in [0.2, 0.25) is 0 Å². The third-order valence-corrected chi connectivity index (χ3v) is 4.54. The summed E-state index contributed by atoms with van der Waals surface area (Å²) in [5, 5.41) is 9.54. The zero-order valence-electron chi connectivity index (χ0n) is 13.6. The predicted molar refractivity (Wildman–Crippen MR) is 83.8 cm³/mol. The average Bonchev–Trinajstić information content (AvgIpc) is 2.71. The van der Waals surface area contributed by atoms with Crippen molar-refractivity contribution in [2.75, 3.05) is 13.1 Å². The van der Waals surface area contributed by atoms with Crippen LogP contribution < -0.4 is 0 Å². The SMILES string of the molecule is Cc1cc(C)c([C@@H]2CN(C(C)(C)C)C[C@H]2C#N)c(C)c1. The van der Waals surface area contributed by atoms with Gasteiger partial charge in [-0.3, -0.25) is 4.90 Å². The van der Waals surface area contributed by atoms with E-state index in [1.807, 2.05) is 0 Å². The number of benzene rings is 1. The van der Waals surface area contributed by atoms with E-state index < -0.39 is 0 Å². The summed E-state index contributed by atoms with van der Waals surface area (Å²) in [7, 11) is 0. The van der Waals surface area contributed by atoms with Gasteiger partial charge in [-0.15, -0.1) is 0 Å². The first kappa shape index (κ1) is 15.1. The molecule has 0 saturated carbocycles. The van der Waals surface area contributed by atoms with Gasteiger partial charge < -0.3 is 0 Å². The highest BCUT2D eigenvalue weighted by Crippen LogP contribution is 2.38. The molecule has 1 aliphatic rings. The Hall–Kier alpha value is -1.33. The zero-order valence-corrected chi connectivity index (χ0v) is 13.6. The zero-order chi connectivity index (χ0) is 15.1. The minimum Gasteiger partial charge on any atom is -0.297 e. The molecular weight excluding hydrogens is 244 g/mol. The molecule has 2 nitrogen and oxygen atoms in total. The lowest BCUT2D eigenvalue weighted by atomic mass is 9.84. The molecule has 0 N–H and O–H groups in total. The quantitative estimate of drug-likeness (QED) is 0.772. The lowest BCUT2D eigenvalue weighted by Gasteiger charge is -2.31. The van der Waals surface area contributed by atoms with Gasteiger partial charge in [-0.05, 0) is 58.2 Å². The number of hydrogen-bond acceptors (Lipinski definition) is 2. The van der Waals surface area contributed by atoms with Crippen LogP contribution in [-0.4, -0.2) is 23.5 Å². The van der Waals surface area contributed by atoms with Crippen LogP contribution in [0.2, 0.25) is 0 Å². The first-order chi connectivity index (χ1) is 9.24. The van der Waals surface area contributed by atoms with Crippen LogP contribution in [0.4, 0.5) is 0 Å². The van der Waals surface area contributed by atoms with Gasteiger partial charge in [-0.2, -0.15) is 5.26 Å². The van der Waals surface area contributed by atoms with Crippen molar-refractivity contribution >= 4 is 0 Å². The molecule has 0 spiro atoms. The van der Waals surface area contributed by atoms with Gasteiger partial charge in [0, 0.05) is 24.5 Å². The summed E-state index contributed by atoms with van der Waals surface area (Å²) >= 11 is 0. The predicted octanol–water partition coefficient (Wildman–Crippen LogP) is 3.95. The lowest BCUT2D eigenvalue weighted by Crippen LogP contribution is -2.39. The highest BCUT2D eigenvalue weighted by Gasteiger charge is 2.39. The van der Waals surface area contributed by atoms with E-state index in [0.29, 0.717) is 5.92 Å². The van der Waals surface area contributed by atoms with E-state index in [1.165, 1.54) is 22.3 Å². The van der Waals surface area contributed by atoms with E-state index in [0.717, 1.165) is 13.1 Å². The fourth-order valence-corrected chi connectivity index (χ4v) is 3.55. The molecule has 2 atom stereocenters. The van der Waals surface area contributed by atoms with Crippen molar-refractivity contribution < 1.29 is 0 Å². The second-order valence-corrected chi connectivity index (χ2v) is 7.23. The van der Waals surface area contributed by atoms with Gasteiger partial charge in [0.25, 0.3) is 0 Å². The van der Waals surface area contributed by atoms with E-state index in [4.69, 9.17) is 0 Å². The van der Waals surface area contributed by atoms with Crippen LogP contribution in [-0.2, 0) is 0 Å². The summed E-state index contributed by atoms with van der Waals surface area (Å²) < 4.78 is 0. The molecule has 2 heteroatoms. The summed E-state index contributed by atoms with van der Waals surface area (Å²) in [6.45, 7) is 15.1. The van der Waals surface area contributed by atoms with Crippen LogP contribution in [0.15, 0.2) is 12.1 Å². The molecule has 1 aromatic rings. The van der Waals surface area contributed by atoms with Crippen molar-refractivity contribution in [2.24, 2.45) is 5.92 Å². The minimum atomic E-state index is 0.106. The van der Waals surface area contributed by atoms with E-state index in [-0.39, 0.29) is 11.5 Å². The molecule has 1 saturated heterocycles. The fourth-order valence-electron chi connectivity index (χ4n) is 3.55. The number of rotatable bonds is 1. The first-order valence-corrected chi connectivity index (χ1v) is 7.46. The Labute approximate surface area is 123 Å². The summed E-state index contributed by atoms with van der Waals surface area (Å²) in [6, 6.07) is 7.04. The molecule has 20 heavy (non-hydrogen) atoms. The highest BCUT2D eigenvalue weighted by atomic mass is 15.2. The number of likely N-dealkylation sites (tertiary alicyclic amines) is 1. The maximum absolute atomic E-state index is 9.54. The normalized spacial score (nSPS) is 23.9. The number of nitrogens with zero attached hydrogens (tertiary/aromatic N) is 2. The van der Waals surface area contributed by atoms with Gasteiger partial charge in [-0.25, -0.2) is 0 Å². The Kier molecular flexibility index (Phi) is 3.93. The summed E-state index contributed by atoms with van der Waals surface area (Å²) in [5.41, 5.74) is 5.51. The average molecular weight is 270 g/mol. The molecule has 0 radical (unpaired) electrons. The van der Waals surface area contributed by atoms with Gasteiger partial charge >= 0.3 is 0 Å². The molecule has 0 unspecified atom stereocenters. The molecular formula is C18H26N2. The fraction of sp³-hybridized carbons (Fsp3) is 0.611. The summed E-state index contributed by atoms with van der Waals surface area (Å²) in [5.74, 6) is 0.453. The number of hydrogen-bond donors (Lipinski definition) is 0. The Morgan fingerprint density at radius 2 is 1.65 bits per heavy atom. The van der Waals surface area contributed by atoms with Crippen molar-refractivity contribution in [3.63, 3.8) is 0 Å². The molecule has 108 valence electrons. The maximum Gasteiger partial charge on any atom is 0.0676 e. The van der Waals surface area contributed by atoms with Crippen LogP contribution >= 0.6 is 0 Å². The summed E-state index contributed by atoms with van der Waals surface area (Å²) in [4.78, 5) is 2.45. The van der Waals surface area contributed by atoms with Crippen LogP contribution in [0.1, 0.15) is 48.9 Å². The number of aryl methyl sites for hydroxylation is 3. The standard InChI is InChI=1S/C18H26N2/c1-12-7-13(2)17(14(3)8-12)16-11-20(18(4,5)6)10-15(16)9-19/h7-8,15-16H,10-11H2,1-6H3/t15-,16-/m1/s1. The van der Waals surface area contributed by atoms with Crippen LogP contribution in [0.5, 0.6) is 0 Å². The van der Waals surface area contributed by atoms with Crippen molar-refractivity contribution in [3.05, 3.63) is 34.4 Å². The van der Waals surface area contributed by atoms with Crippen LogP contribution in [0.25, 0.3) is 0 Å². The van der Waals surface area contributed by atoms with Crippen LogP contribution in [0.3, 0.4) is 0 Å². The van der Waals surface area contributed by atoms with Gasteiger partial charge in [-0.1, -0.05) is 17.7 Å². The molecule has 1 aromatic carbocycles. The van der Waals surface area contributed by atoms with Crippen LogP contribution in [0, 0.1) is 38.0 Å². The molecule has 1 fully saturated rings. The summed E-state index contributed by atoms with van der Waals surface area (Å²) in [6.07, 6.45) is 0. The highest BCUT2D eigenvalue weighted by molar-refractivity contribution is 5.42. The molecule has 0 amide bonds. The molecule has 0 aliphatic carbocycles. The number of nitriles is 1. The second-order valence-electron chi connectivity index (χ2n) is 7.23. The Bertz CT molecular complexity index is 523. The van der Waals surface area contributed by atoms with Crippen molar-refractivity contribution in [2.45, 2.75) is 53.0 Å². The third kappa shape index (κ3) is 2.74. The Morgan fingerprint density at radius 1 is 1.10 bits per heavy atom. The molecule has 2 rings (SSSR count). The molecule has 1 aliphatic heterocycles. The second kappa shape index (κ2) is 5.22. The van der Waals surface area contributed by atoms with Gasteiger partial charge in [0.1, 0.15) is 0 Å². The van der Waals surface area contributed by atoms with E-state index in [1.54, 1.807) is 0 Å². The van der Waals surface area contributed by atoms with E-state index in [9.17, 15) is 5.26 Å². The van der Waals surface area contributed by atoms with E-state index >= 15 is 0 Å². The van der Waals surface area contributed by atoms with Gasteiger partial charge in [0.05, 0.1) is 12.0 Å². The van der Waals surface area contributed by atoms with Crippen molar-refractivity contribution in [1.82, 2.24) is 4.90 Å². The van der Waals surface area contributed by atoms with Crippen molar-refractivity contribution in [1.29, 1.82) is 5.26 Å². The lowest BCUT2D eigenvalue weighted by molar-refractivity contribution is 0.170. The molecule has 0 bridgehead atoms. The monoisotopic (exact) mass is 270 g/mol. The third-order valence-electron chi connectivity index (χ3n) is 4.54. The van der Waals surface area contributed by atoms with Gasteiger partial charge in [0.15, 0.2) is 0 Å². The Morgan fingerprint density at radius 3 is 2.10 bits per heavy atom.